The summed E-state index contributed by atoms with van der Waals surface area (Å²) in [5.41, 5.74) is 0.835. The van der Waals surface area contributed by atoms with Crippen LogP contribution in [0.5, 0.6) is 0 Å². The van der Waals surface area contributed by atoms with Crippen molar-refractivity contribution in [3.05, 3.63) is 35.6 Å². The Balaban J connectivity index is 0.00000220. The van der Waals surface area contributed by atoms with Gasteiger partial charge < -0.3 is 15.0 Å². The molecule has 1 N–H and O–H groups in total. The van der Waals surface area contributed by atoms with Crippen LogP contribution in [0.2, 0.25) is 0 Å². The van der Waals surface area contributed by atoms with E-state index in [2.05, 4.69) is 5.32 Å². The first kappa shape index (κ1) is 17.9. The van der Waals surface area contributed by atoms with Crippen molar-refractivity contribution in [1.82, 2.24) is 10.2 Å². The van der Waals surface area contributed by atoms with Crippen LogP contribution < -0.4 is 5.32 Å². The summed E-state index contributed by atoms with van der Waals surface area (Å²) in [7, 11) is 1.63. The van der Waals surface area contributed by atoms with Crippen molar-refractivity contribution in [1.29, 1.82) is 0 Å². The summed E-state index contributed by atoms with van der Waals surface area (Å²) in [5, 5.41) is 3.06. The van der Waals surface area contributed by atoms with Crippen molar-refractivity contribution in [2.45, 2.75) is 25.4 Å². The zero-order valence-corrected chi connectivity index (χ0v) is 13.0. The number of carbonyl (C=O) groups excluding carboxylic acids is 1. The van der Waals surface area contributed by atoms with Crippen LogP contribution in [0.1, 0.15) is 18.4 Å². The van der Waals surface area contributed by atoms with Gasteiger partial charge in [-0.2, -0.15) is 0 Å². The summed E-state index contributed by atoms with van der Waals surface area (Å²) in [5.74, 6) is -0.197. The Bertz CT molecular complexity index is 455. The van der Waals surface area contributed by atoms with Crippen molar-refractivity contribution >= 4 is 18.3 Å². The van der Waals surface area contributed by atoms with E-state index in [1.54, 1.807) is 13.2 Å². The normalized spacial score (nSPS) is 13.6. The monoisotopic (exact) mass is 316 g/mol. The average Bonchev–Trinajstić information content (AvgIpc) is 3.25. The van der Waals surface area contributed by atoms with Crippen LogP contribution in [-0.4, -0.2) is 43.7 Å². The smallest absolute Gasteiger partial charge is 0.237 e. The minimum absolute atomic E-state index is 0. The summed E-state index contributed by atoms with van der Waals surface area (Å²) < 4.78 is 18.1. The van der Waals surface area contributed by atoms with E-state index in [4.69, 9.17) is 4.74 Å². The largest absolute Gasteiger partial charge is 0.383 e. The molecule has 0 radical (unpaired) electrons. The molecular formula is C15H22ClFN2O2. The first-order valence-electron chi connectivity index (χ1n) is 6.94. The lowest BCUT2D eigenvalue weighted by atomic mass is 10.2. The number of benzene rings is 1. The lowest BCUT2D eigenvalue weighted by Gasteiger charge is -2.23. The molecule has 0 aliphatic heterocycles. The van der Waals surface area contributed by atoms with Gasteiger partial charge in [-0.25, -0.2) is 4.39 Å². The maximum Gasteiger partial charge on any atom is 0.237 e. The molecule has 0 bridgehead atoms. The highest BCUT2D eigenvalue weighted by molar-refractivity contribution is 5.85. The number of carbonyl (C=O) groups is 1. The molecule has 0 atom stereocenters. The van der Waals surface area contributed by atoms with Gasteiger partial charge in [0.1, 0.15) is 5.82 Å². The molecule has 0 unspecified atom stereocenters. The molecule has 1 aliphatic carbocycles. The van der Waals surface area contributed by atoms with E-state index < -0.39 is 0 Å². The van der Waals surface area contributed by atoms with Gasteiger partial charge in [0.15, 0.2) is 0 Å². The van der Waals surface area contributed by atoms with Gasteiger partial charge in [-0.05, 0) is 30.5 Å². The van der Waals surface area contributed by atoms with Crippen LogP contribution in [0.3, 0.4) is 0 Å². The number of nitrogens with zero attached hydrogens (tertiary/aromatic N) is 1. The van der Waals surface area contributed by atoms with Gasteiger partial charge >= 0.3 is 0 Å². The zero-order valence-electron chi connectivity index (χ0n) is 12.2. The number of methoxy groups -OCH3 is 1. The van der Waals surface area contributed by atoms with E-state index >= 15 is 0 Å². The molecule has 1 aliphatic rings. The summed E-state index contributed by atoms with van der Waals surface area (Å²) in [6, 6.07) is 6.75. The zero-order chi connectivity index (χ0) is 14.4. The fourth-order valence-electron chi connectivity index (χ4n) is 2.11. The third-order valence-electron chi connectivity index (χ3n) is 3.31. The predicted octanol–water partition coefficient (Wildman–Crippen LogP) is 1.97. The Labute approximate surface area is 131 Å². The van der Waals surface area contributed by atoms with Crippen molar-refractivity contribution in [2.75, 3.05) is 26.8 Å². The first-order chi connectivity index (χ1) is 9.70. The lowest BCUT2D eigenvalue weighted by molar-refractivity contribution is -0.131. The van der Waals surface area contributed by atoms with Crippen molar-refractivity contribution in [2.24, 2.45) is 0 Å². The molecular weight excluding hydrogens is 295 g/mol. The van der Waals surface area contributed by atoms with Crippen LogP contribution in [0.25, 0.3) is 0 Å². The highest BCUT2D eigenvalue weighted by atomic mass is 35.5. The lowest BCUT2D eigenvalue weighted by Crippen LogP contribution is -2.40. The van der Waals surface area contributed by atoms with Gasteiger partial charge in [0.2, 0.25) is 5.91 Å². The number of hydrogen-bond acceptors (Lipinski definition) is 3. The van der Waals surface area contributed by atoms with Crippen molar-refractivity contribution in [3.8, 4) is 0 Å². The van der Waals surface area contributed by atoms with Crippen molar-refractivity contribution < 1.29 is 13.9 Å². The van der Waals surface area contributed by atoms with Gasteiger partial charge in [-0.15, -0.1) is 12.4 Å². The highest BCUT2D eigenvalue weighted by Gasteiger charge is 2.32. The van der Waals surface area contributed by atoms with E-state index in [9.17, 15) is 9.18 Å². The van der Waals surface area contributed by atoms with Crippen LogP contribution in [0, 0.1) is 5.82 Å². The minimum atomic E-state index is -0.260. The second-order valence-electron chi connectivity index (χ2n) is 5.05. The fraction of sp³-hybridized carbons (Fsp3) is 0.533. The third-order valence-corrected chi connectivity index (χ3v) is 3.31. The molecule has 1 aromatic carbocycles. The summed E-state index contributed by atoms with van der Waals surface area (Å²) in [6.45, 7) is 2.02. The van der Waals surface area contributed by atoms with E-state index in [-0.39, 0.29) is 24.1 Å². The number of amides is 1. The Morgan fingerprint density at radius 1 is 1.48 bits per heavy atom. The van der Waals surface area contributed by atoms with Crippen LogP contribution >= 0.6 is 12.4 Å². The Morgan fingerprint density at radius 2 is 2.24 bits per heavy atom. The van der Waals surface area contributed by atoms with Gasteiger partial charge in [-0.1, -0.05) is 12.1 Å². The van der Waals surface area contributed by atoms with Gasteiger partial charge in [0, 0.05) is 26.2 Å². The number of nitrogens with one attached hydrogen (secondary N) is 1. The second-order valence-corrected chi connectivity index (χ2v) is 5.05. The Kier molecular flexibility index (Phi) is 7.64. The quantitative estimate of drug-likeness (QED) is 0.746. The van der Waals surface area contributed by atoms with Gasteiger partial charge in [0.25, 0.3) is 0 Å². The number of ether oxygens (including phenoxy) is 1. The number of rotatable bonds is 8. The Hall–Kier alpha value is -1.17. The summed E-state index contributed by atoms with van der Waals surface area (Å²) in [6.07, 6.45) is 2.08. The van der Waals surface area contributed by atoms with Gasteiger partial charge in [-0.3, -0.25) is 4.79 Å². The Morgan fingerprint density at radius 3 is 2.86 bits per heavy atom. The van der Waals surface area contributed by atoms with E-state index in [1.807, 2.05) is 11.0 Å². The second kappa shape index (κ2) is 8.97. The molecule has 1 aromatic rings. The van der Waals surface area contributed by atoms with E-state index in [0.717, 1.165) is 18.4 Å². The molecule has 0 aromatic heterocycles. The van der Waals surface area contributed by atoms with Crippen LogP contribution in [0.15, 0.2) is 24.3 Å². The molecule has 0 saturated heterocycles. The molecule has 1 saturated carbocycles. The fourth-order valence-corrected chi connectivity index (χ4v) is 2.11. The molecule has 1 amide bonds. The standard InChI is InChI=1S/C15H21FN2O2.ClH/c1-20-8-7-17-10-15(19)18(14-5-6-14)11-12-3-2-4-13(16)9-12;/h2-4,9,14,17H,5-8,10-11H2,1H3;1H. The topological polar surface area (TPSA) is 41.6 Å². The molecule has 2 rings (SSSR count). The average molecular weight is 317 g/mol. The maximum absolute atomic E-state index is 13.2. The van der Waals surface area contributed by atoms with Crippen molar-refractivity contribution in [3.63, 3.8) is 0 Å². The highest BCUT2D eigenvalue weighted by Crippen LogP contribution is 2.28. The maximum atomic E-state index is 13.2. The SMILES string of the molecule is COCCNCC(=O)N(Cc1cccc(F)c1)C1CC1.Cl. The molecule has 4 nitrogen and oxygen atoms in total. The number of halogens is 2. The molecule has 0 heterocycles. The molecule has 0 spiro atoms. The molecule has 118 valence electrons. The van der Waals surface area contributed by atoms with E-state index in [1.165, 1.54) is 12.1 Å². The van der Waals surface area contributed by atoms with E-state index in [0.29, 0.717) is 32.3 Å². The minimum Gasteiger partial charge on any atom is -0.383 e. The molecule has 6 heteroatoms. The molecule has 1 fully saturated rings. The van der Waals surface area contributed by atoms with Crippen LogP contribution in [-0.2, 0) is 16.1 Å². The predicted molar refractivity (Wildman–Crippen MR) is 82.0 cm³/mol. The summed E-state index contributed by atoms with van der Waals surface area (Å²) >= 11 is 0. The first-order valence-corrected chi connectivity index (χ1v) is 6.94. The summed E-state index contributed by atoms with van der Waals surface area (Å²) in [4.78, 5) is 14.0. The van der Waals surface area contributed by atoms with Gasteiger partial charge in [0.05, 0.1) is 13.2 Å². The third kappa shape index (κ3) is 5.99. The number of hydrogen-bond donors (Lipinski definition) is 1. The molecule has 21 heavy (non-hydrogen) atoms. The van der Waals surface area contributed by atoms with Crippen LogP contribution in [0.4, 0.5) is 4.39 Å².